The molecule has 0 fully saturated rings. The summed E-state index contributed by atoms with van der Waals surface area (Å²) < 4.78 is 22.9. The number of carbonyl (C=O) groups is 2. The Hall–Kier alpha value is -1.17. The van der Waals surface area contributed by atoms with Crippen molar-refractivity contribution >= 4 is 12.1 Å². The van der Waals surface area contributed by atoms with Crippen LogP contribution in [0, 0.1) is 0 Å². The molecule has 0 aromatic heterocycles. The van der Waals surface area contributed by atoms with Gasteiger partial charge in [0.25, 0.3) is 0 Å². The highest BCUT2D eigenvalue weighted by Gasteiger charge is 2.26. The number of rotatable bonds is 4. The van der Waals surface area contributed by atoms with Crippen molar-refractivity contribution in [2.45, 2.75) is 58.8 Å². The van der Waals surface area contributed by atoms with Crippen LogP contribution in [0.1, 0.15) is 41.5 Å². The second kappa shape index (κ2) is 6.13. The Labute approximate surface area is 107 Å². The van der Waals surface area contributed by atoms with Crippen LogP contribution in [0.4, 0.5) is 9.18 Å². The molecule has 0 aliphatic carbocycles. The summed E-state index contributed by atoms with van der Waals surface area (Å²) in [6.07, 6.45) is -0.851. The lowest BCUT2D eigenvalue weighted by atomic mass is 10.2. The fourth-order valence-corrected chi connectivity index (χ4v) is 0.947. The summed E-state index contributed by atoms with van der Waals surface area (Å²) in [6, 6.07) is -3.01. The van der Waals surface area contributed by atoms with Crippen molar-refractivity contribution in [2.75, 3.05) is 6.61 Å². The summed E-state index contributed by atoms with van der Waals surface area (Å²) in [6.45, 7) is 10.1. The van der Waals surface area contributed by atoms with Crippen LogP contribution in [0.15, 0.2) is 0 Å². The van der Waals surface area contributed by atoms with Gasteiger partial charge in [0.15, 0.2) is 0 Å². The molecule has 0 aromatic carbocycles. The van der Waals surface area contributed by atoms with E-state index in [9.17, 15) is 14.0 Å². The number of carbonyl (C=O) groups excluding carboxylic acids is 2. The average molecular weight is 263 g/mol. The summed E-state index contributed by atoms with van der Waals surface area (Å²) >= 11 is 0. The van der Waals surface area contributed by atoms with Gasteiger partial charge in [0, 0.05) is 0 Å². The van der Waals surface area contributed by atoms with Gasteiger partial charge >= 0.3 is 12.1 Å². The number of alkyl carbamates (subject to hydrolysis) is 1. The van der Waals surface area contributed by atoms with Gasteiger partial charge in [-0.25, -0.2) is 4.79 Å². The summed E-state index contributed by atoms with van der Waals surface area (Å²) in [5.41, 5.74) is -1.23. The van der Waals surface area contributed by atoms with Crippen molar-refractivity contribution in [2.24, 2.45) is 0 Å². The molecule has 0 rings (SSSR count). The third-order valence-electron chi connectivity index (χ3n) is 1.65. The molecular weight excluding hydrogens is 241 g/mol. The van der Waals surface area contributed by atoms with Crippen LogP contribution >= 0.6 is 0 Å². The Morgan fingerprint density at radius 3 is 1.94 bits per heavy atom. The van der Waals surface area contributed by atoms with Crippen LogP contribution < -0.4 is 5.32 Å². The minimum Gasteiger partial charge on any atom is -0.444 e. The third kappa shape index (κ3) is 8.92. The van der Waals surface area contributed by atoms with E-state index < -0.39 is 29.4 Å². The highest BCUT2D eigenvalue weighted by Crippen LogP contribution is 2.09. The van der Waals surface area contributed by atoms with E-state index >= 15 is 0 Å². The van der Waals surface area contributed by atoms with Gasteiger partial charge in [0.2, 0.25) is 0 Å². The Balaban J connectivity index is 4.37. The van der Waals surface area contributed by atoms with Crippen molar-refractivity contribution in [3.05, 3.63) is 0 Å². The fraction of sp³-hybridized carbons (Fsp3) is 0.833. The largest absolute Gasteiger partial charge is 0.444 e. The van der Waals surface area contributed by atoms with Gasteiger partial charge < -0.3 is 14.8 Å². The van der Waals surface area contributed by atoms with E-state index in [2.05, 4.69) is 5.32 Å². The molecule has 0 saturated carbocycles. The predicted molar refractivity (Wildman–Crippen MR) is 65.0 cm³/mol. The Kier molecular flexibility index (Phi) is 5.73. The van der Waals surface area contributed by atoms with Gasteiger partial charge in [-0.3, -0.25) is 4.79 Å². The number of amides is 1. The van der Waals surface area contributed by atoms with Crippen molar-refractivity contribution in [3.8, 4) is 0 Å². The second-order valence-electron chi connectivity index (χ2n) is 5.93. The fourth-order valence-electron chi connectivity index (χ4n) is 0.947. The van der Waals surface area contributed by atoms with E-state index in [1.54, 1.807) is 41.5 Å². The van der Waals surface area contributed by atoms with Gasteiger partial charge in [-0.2, -0.15) is 4.39 Å². The van der Waals surface area contributed by atoms with Gasteiger partial charge in [0.05, 0.1) is 12.2 Å². The lowest BCUT2D eigenvalue weighted by Crippen LogP contribution is -2.46. The molecule has 0 aromatic rings. The first-order valence-corrected chi connectivity index (χ1v) is 5.73. The van der Waals surface area contributed by atoms with Gasteiger partial charge in [-0.05, 0) is 41.5 Å². The molecule has 0 aliphatic rings. The Morgan fingerprint density at radius 2 is 1.61 bits per heavy atom. The number of nitrogens with one attached hydrogen (secondary N) is 1. The molecule has 0 unspecified atom stereocenters. The number of halogens is 1. The van der Waals surface area contributed by atoms with Crippen molar-refractivity contribution in [1.82, 2.24) is 5.32 Å². The molecule has 0 saturated heterocycles. The van der Waals surface area contributed by atoms with E-state index in [1.165, 1.54) is 0 Å². The van der Waals surface area contributed by atoms with Crippen molar-refractivity contribution < 1.29 is 23.5 Å². The zero-order valence-corrected chi connectivity index (χ0v) is 11.8. The maximum absolute atomic E-state index is 12.7. The quantitative estimate of drug-likeness (QED) is 0.790. The maximum Gasteiger partial charge on any atom is 0.408 e. The standard InChI is InChI=1S/C12H22FNO4/c1-11(2,3)17-7-8(9(13)15)14-10(16)18-12(4,5)6/h8H,7H2,1-6H3,(H,14,16)/t8-/m0/s1. The first-order chi connectivity index (χ1) is 7.91. The summed E-state index contributed by atoms with van der Waals surface area (Å²) in [4.78, 5) is 22.1. The molecule has 1 amide bonds. The van der Waals surface area contributed by atoms with Gasteiger partial charge in [-0.15, -0.1) is 0 Å². The van der Waals surface area contributed by atoms with E-state index in [-0.39, 0.29) is 6.61 Å². The minimum atomic E-state index is -1.66. The molecule has 0 bridgehead atoms. The molecule has 0 aliphatic heterocycles. The molecule has 0 radical (unpaired) electrons. The lowest BCUT2D eigenvalue weighted by Gasteiger charge is -2.24. The normalized spacial score (nSPS) is 13.9. The van der Waals surface area contributed by atoms with E-state index in [0.717, 1.165) is 0 Å². The molecular formula is C12H22FNO4. The number of ether oxygens (including phenoxy) is 2. The monoisotopic (exact) mass is 263 g/mol. The smallest absolute Gasteiger partial charge is 0.408 e. The average Bonchev–Trinajstić information content (AvgIpc) is 2.06. The molecule has 106 valence electrons. The molecule has 5 nitrogen and oxygen atoms in total. The van der Waals surface area contributed by atoms with E-state index in [1.807, 2.05) is 0 Å². The Morgan fingerprint density at radius 1 is 1.11 bits per heavy atom. The number of hydrogen-bond donors (Lipinski definition) is 1. The summed E-state index contributed by atoms with van der Waals surface area (Å²) in [5, 5.41) is 2.13. The second-order valence-corrected chi connectivity index (χ2v) is 5.93. The highest BCUT2D eigenvalue weighted by atomic mass is 19.1. The van der Waals surface area contributed by atoms with Crippen molar-refractivity contribution in [3.63, 3.8) is 0 Å². The summed E-state index contributed by atoms with van der Waals surface area (Å²) in [7, 11) is 0. The SMILES string of the molecule is CC(C)(C)OC[C@H](NC(=O)OC(C)(C)C)C(=O)F. The highest BCUT2D eigenvalue weighted by molar-refractivity contribution is 5.80. The molecule has 0 spiro atoms. The van der Waals surface area contributed by atoms with Crippen LogP contribution in [0.25, 0.3) is 0 Å². The third-order valence-corrected chi connectivity index (χ3v) is 1.65. The zero-order valence-electron chi connectivity index (χ0n) is 11.8. The van der Waals surface area contributed by atoms with E-state index in [0.29, 0.717) is 0 Å². The summed E-state index contributed by atoms with van der Waals surface area (Å²) in [5.74, 6) is 0. The Bertz CT molecular complexity index is 304. The molecule has 1 atom stereocenters. The van der Waals surface area contributed by atoms with Crippen LogP contribution in [-0.4, -0.2) is 36.0 Å². The first kappa shape index (κ1) is 16.8. The molecule has 18 heavy (non-hydrogen) atoms. The van der Waals surface area contributed by atoms with Gasteiger partial charge in [-0.1, -0.05) is 0 Å². The predicted octanol–water partition coefficient (Wildman–Crippen LogP) is 2.19. The van der Waals surface area contributed by atoms with Crippen molar-refractivity contribution in [1.29, 1.82) is 0 Å². The molecule has 6 heteroatoms. The lowest BCUT2D eigenvalue weighted by molar-refractivity contribution is -0.134. The van der Waals surface area contributed by atoms with Gasteiger partial charge in [0.1, 0.15) is 11.6 Å². The van der Waals surface area contributed by atoms with Crippen LogP contribution in [0.2, 0.25) is 0 Å². The van der Waals surface area contributed by atoms with E-state index in [4.69, 9.17) is 9.47 Å². The molecule has 1 N–H and O–H groups in total. The maximum atomic E-state index is 12.7. The topological polar surface area (TPSA) is 64.6 Å². The molecule has 0 heterocycles. The van der Waals surface area contributed by atoms with Crippen LogP contribution in [0.5, 0.6) is 0 Å². The minimum absolute atomic E-state index is 0.238. The number of hydrogen-bond acceptors (Lipinski definition) is 4. The van der Waals surface area contributed by atoms with Crippen LogP contribution in [-0.2, 0) is 14.3 Å². The zero-order chi connectivity index (χ0) is 14.6. The first-order valence-electron chi connectivity index (χ1n) is 5.73. The van der Waals surface area contributed by atoms with Crippen LogP contribution in [0.3, 0.4) is 0 Å².